The summed E-state index contributed by atoms with van der Waals surface area (Å²) in [4.78, 5) is 3.09. The van der Waals surface area contributed by atoms with Gasteiger partial charge in [0, 0.05) is 17.5 Å². The van der Waals surface area contributed by atoms with Crippen LogP contribution in [0.15, 0.2) is 36.5 Å². The zero-order valence-corrected chi connectivity index (χ0v) is 8.32. The van der Waals surface area contributed by atoms with Gasteiger partial charge in [0.15, 0.2) is 0 Å². The average molecular weight is 198 g/mol. The van der Waals surface area contributed by atoms with Crippen molar-refractivity contribution in [1.82, 2.24) is 4.98 Å². The molecule has 0 unspecified atom stereocenters. The van der Waals surface area contributed by atoms with Gasteiger partial charge in [-0.3, -0.25) is 0 Å². The molecule has 1 aromatic carbocycles. The topological polar surface area (TPSA) is 48.8 Å². The van der Waals surface area contributed by atoms with Crippen LogP contribution in [0.1, 0.15) is 5.56 Å². The summed E-state index contributed by atoms with van der Waals surface area (Å²) in [6, 6.07) is 11.5. The molecule has 0 aliphatic rings. The number of ether oxygens (including phenoxy) is 1. The lowest BCUT2D eigenvalue weighted by molar-refractivity contribution is 0.415. The quantitative estimate of drug-likeness (QED) is 0.806. The first-order chi connectivity index (χ1) is 7.36. The van der Waals surface area contributed by atoms with Crippen molar-refractivity contribution in [1.29, 1.82) is 5.26 Å². The van der Waals surface area contributed by atoms with E-state index in [1.54, 1.807) is 13.2 Å². The van der Waals surface area contributed by atoms with Crippen molar-refractivity contribution in [3.05, 3.63) is 42.1 Å². The van der Waals surface area contributed by atoms with Crippen LogP contribution in [0.5, 0.6) is 5.75 Å². The number of nitrogens with zero attached hydrogens (tertiary/aromatic N) is 1. The molecule has 2 aromatic rings. The molecule has 0 atom stereocenters. The zero-order chi connectivity index (χ0) is 10.7. The molecule has 0 radical (unpaired) electrons. The van der Waals surface area contributed by atoms with Crippen molar-refractivity contribution < 1.29 is 4.74 Å². The first-order valence-electron chi connectivity index (χ1n) is 4.57. The van der Waals surface area contributed by atoms with Gasteiger partial charge in [0.2, 0.25) is 0 Å². The molecule has 0 aliphatic carbocycles. The predicted molar refractivity (Wildman–Crippen MR) is 57.5 cm³/mol. The van der Waals surface area contributed by atoms with E-state index >= 15 is 0 Å². The molecule has 3 heteroatoms. The Kier molecular flexibility index (Phi) is 2.42. The van der Waals surface area contributed by atoms with Gasteiger partial charge in [0.25, 0.3) is 0 Å². The van der Waals surface area contributed by atoms with Gasteiger partial charge in [-0.1, -0.05) is 6.07 Å². The molecule has 0 fully saturated rings. The fourth-order valence-corrected chi connectivity index (χ4v) is 1.55. The summed E-state index contributed by atoms with van der Waals surface area (Å²) in [6.45, 7) is 0. The number of benzene rings is 1. The molecule has 0 saturated carbocycles. The number of aromatic amines is 1. The van der Waals surface area contributed by atoms with E-state index in [9.17, 15) is 0 Å². The van der Waals surface area contributed by atoms with E-state index in [2.05, 4.69) is 11.1 Å². The standard InChI is InChI=1S/C12H10N2O/c1-15-12-9(8-13)4-2-5-10(12)11-6-3-7-14-11/h2-7,14H,1H3. The van der Waals surface area contributed by atoms with E-state index in [1.165, 1.54) is 0 Å². The van der Waals surface area contributed by atoms with Gasteiger partial charge in [-0.25, -0.2) is 0 Å². The number of hydrogen-bond acceptors (Lipinski definition) is 2. The summed E-state index contributed by atoms with van der Waals surface area (Å²) in [5.74, 6) is 0.613. The van der Waals surface area contributed by atoms with Gasteiger partial charge in [-0.05, 0) is 24.3 Å². The van der Waals surface area contributed by atoms with Crippen LogP contribution in [-0.4, -0.2) is 12.1 Å². The summed E-state index contributed by atoms with van der Waals surface area (Å²) in [7, 11) is 1.57. The molecule has 1 heterocycles. The molecule has 15 heavy (non-hydrogen) atoms. The van der Waals surface area contributed by atoms with Gasteiger partial charge in [-0.2, -0.15) is 5.26 Å². The highest BCUT2D eigenvalue weighted by molar-refractivity contribution is 5.71. The Morgan fingerprint density at radius 1 is 1.27 bits per heavy atom. The minimum Gasteiger partial charge on any atom is -0.495 e. The summed E-state index contributed by atoms with van der Waals surface area (Å²) in [5.41, 5.74) is 2.40. The lowest BCUT2D eigenvalue weighted by Crippen LogP contribution is -1.91. The average Bonchev–Trinajstić information content (AvgIpc) is 2.81. The van der Waals surface area contributed by atoms with E-state index < -0.39 is 0 Å². The number of para-hydroxylation sites is 1. The molecule has 0 bridgehead atoms. The maximum atomic E-state index is 8.93. The minimum absolute atomic E-state index is 0.546. The Hall–Kier alpha value is -2.21. The molecule has 0 aliphatic heterocycles. The Bertz CT molecular complexity index is 495. The van der Waals surface area contributed by atoms with E-state index in [-0.39, 0.29) is 0 Å². The second-order valence-corrected chi connectivity index (χ2v) is 3.08. The van der Waals surface area contributed by atoms with Crippen molar-refractivity contribution in [3.8, 4) is 23.1 Å². The summed E-state index contributed by atoms with van der Waals surface area (Å²) >= 11 is 0. The van der Waals surface area contributed by atoms with Crippen molar-refractivity contribution >= 4 is 0 Å². The number of hydrogen-bond donors (Lipinski definition) is 1. The summed E-state index contributed by atoms with van der Waals surface area (Å²) < 4.78 is 5.25. The SMILES string of the molecule is COc1c(C#N)cccc1-c1ccc[nH]1. The van der Waals surface area contributed by atoms with Crippen molar-refractivity contribution in [2.24, 2.45) is 0 Å². The molecular weight excluding hydrogens is 188 g/mol. The fraction of sp³-hybridized carbons (Fsp3) is 0.0833. The maximum Gasteiger partial charge on any atom is 0.145 e. The molecule has 0 spiro atoms. The van der Waals surface area contributed by atoms with Crippen LogP contribution in [0.2, 0.25) is 0 Å². The van der Waals surface area contributed by atoms with Crippen LogP contribution >= 0.6 is 0 Å². The number of rotatable bonds is 2. The first kappa shape index (κ1) is 9.35. The smallest absolute Gasteiger partial charge is 0.145 e. The molecule has 74 valence electrons. The highest BCUT2D eigenvalue weighted by Crippen LogP contribution is 2.31. The van der Waals surface area contributed by atoms with Crippen LogP contribution in [-0.2, 0) is 0 Å². The predicted octanol–water partition coefficient (Wildman–Crippen LogP) is 2.56. The highest BCUT2D eigenvalue weighted by atomic mass is 16.5. The largest absolute Gasteiger partial charge is 0.495 e. The summed E-state index contributed by atoms with van der Waals surface area (Å²) in [5, 5.41) is 8.93. The Morgan fingerprint density at radius 3 is 2.73 bits per heavy atom. The third-order valence-electron chi connectivity index (χ3n) is 2.23. The number of methoxy groups -OCH3 is 1. The third-order valence-corrected chi connectivity index (χ3v) is 2.23. The van der Waals surface area contributed by atoms with Gasteiger partial charge in [-0.15, -0.1) is 0 Å². The van der Waals surface area contributed by atoms with Crippen LogP contribution in [0, 0.1) is 11.3 Å². The minimum atomic E-state index is 0.546. The van der Waals surface area contributed by atoms with Crippen LogP contribution in [0.25, 0.3) is 11.3 Å². The van der Waals surface area contributed by atoms with E-state index in [1.807, 2.05) is 30.5 Å². The molecule has 1 N–H and O–H groups in total. The molecule has 0 saturated heterocycles. The molecular formula is C12H10N2O. The van der Waals surface area contributed by atoms with Crippen LogP contribution in [0.4, 0.5) is 0 Å². The monoisotopic (exact) mass is 198 g/mol. The first-order valence-corrected chi connectivity index (χ1v) is 4.57. The summed E-state index contributed by atoms with van der Waals surface area (Å²) in [6.07, 6.45) is 1.84. The Morgan fingerprint density at radius 2 is 2.13 bits per heavy atom. The third kappa shape index (κ3) is 1.57. The molecule has 1 aromatic heterocycles. The molecule has 2 rings (SSSR count). The lowest BCUT2D eigenvalue weighted by Gasteiger charge is -2.08. The second kappa shape index (κ2) is 3.89. The lowest BCUT2D eigenvalue weighted by atomic mass is 10.1. The number of H-pyrrole nitrogens is 1. The van der Waals surface area contributed by atoms with Crippen molar-refractivity contribution in [2.75, 3.05) is 7.11 Å². The van der Waals surface area contributed by atoms with E-state index in [0.29, 0.717) is 11.3 Å². The van der Waals surface area contributed by atoms with Gasteiger partial charge in [0.1, 0.15) is 11.8 Å². The Labute approximate surface area is 87.9 Å². The number of nitrogens with one attached hydrogen (secondary N) is 1. The van der Waals surface area contributed by atoms with Gasteiger partial charge < -0.3 is 9.72 Å². The maximum absolute atomic E-state index is 8.93. The van der Waals surface area contributed by atoms with Gasteiger partial charge in [0.05, 0.1) is 12.7 Å². The number of aromatic nitrogens is 1. The second-order valence-electron chi connectivity index (χ2n) is 3.08. The van der Waals surface area contributed by atoms with Gasteiger partial charge >= 0.3 is 0 Å². The van der Waals surface area contributed by atoms with E-state index in [0.717, 1.165) is 11.3 Å². The number of nitriles is 1. The zero-order valence-electron chi connectivity index (χ0n) is 8.32. The Balaban J connectivity index is 2.63. The van der Waals surface area contributed by atoms with Crippen LogP contribution < -0.4 is 4.74 Å². The fourth-order valence-electron chi connectivity index (χ4n) is 1.55. The molecule has 0 amide bonds. The molecule has 3 nitrogen and oxygen atoms in total. The van der Waals surface area contributed by atoms with E-state index in [4.69, 9.17) is 10.00 Å². The normalized spacial score (nSPS) is 9.60. The van der Waals surface area contributed by atoms with Crippen LogP contribution in [0.3, 0.4) is 0 Å². The van der Waals surface area contributed by atoms with Crippen molar-refractivity contribution in [2.45, 2.75) is 0 Å². The van der Waals surface area contributed by atoms with Crippen molar-refractivity contribution in [3.63, 3.8) is 0 Å². The highest BCUT2D eigenvalue weighted by Gasteiger charge is 2.10.